The molecule has 0 aliphatic rings. The topological polar surface area (TPSA) is 50.4 Å². The van der Waals surface area contributed by atoms with Gasteiger partial charge in [0.2, 0.25) is 0 Å². The highest BCUT2D eigenvalue weighted by molar-refractivity contribution is 5.66. The Bertz CT molecular complexity index is 226. The number of aliphatic carboxylic acids is 1. The Morgan fingerprint density at radius 3 is 2.92 bits per heavy atom. The average molecular weight is 168 g/mol. The van der Waals surface area contributed by atoms with Gasteiger partial charge in [-0.1, -0.05) is 0 Å². The van der Waals surface area contributed by atoms with Crippen LogP contribution in [0.1, 0.15) is 24.8 Å². The summed E-state index contributed by atoms with van der Waals surface area (Å²) in [5.74, 6) is -0.720. The van der Waals surface area contributed by atoms with Crippen molar-refractivity contribution in [2.24, 2.45) is 0 Å². The van der Waals surface area contributed by atoms with Crippen molar-refractivity contribution in [1.29, 1.82) is 0 Å². The van der Waals surface area contributed by atoms with E-state index in [-0.39, 0.29) is 6.42 Å². The van der Waals surface area contributed by atoms with Crippen LogP contribution in [0.5, 0.6) is 0 Å². The molecule has 1 aromatic heterocycles. The van der Waals surface area contributed by atoms with E-state index in [1.54, 1.807) is 12.5 Å². The molecule has 0 spiro atoms. The summed E-state index contributed by atoms with van der Waals surface area (Å²) in [6.45, 7) is 0. The first-order valence-corrected chi connectivity index (χ1v) is 4.02. The summed E-state index contributed by atoms with van der Waals surface area (Å²) in [4.78, 5) is 10.1. The van der Waals surface area contributed by atoms with Crippen LogP contribution in [-0.2, 0) is 11.2 Å². The number of hydrogen-bond acceptors (Lipinski definition) is 2. The lowest BCUT2D eigenvalue weighted by atomic mass is 10.1. The molecule has 0 fully saturated rings. The Labute approximate surface area is 71.0 Å². The van der Waals surface area contributed by atoms with Crippen LogP contribution in [0.25, 0.3) is 0 Å². The van der Waals surface area contributed by atoms with E-state index in [9.17, 15) is 4.79 Å². The summed E-state index contributed by atoms with van der Waals surface area (Å²) in [6, 6.07) is 1.90. The Balaban J connectivity index is 2.07. The largest absolute Gasteiger partial charge is 0.481 e. The van der Waals surface area contributed by atoms with Crippen LogP contribution in [0.3, 0.4) is 0 Å². The summed E-state index contributed by atoms with van der Waals surface area (Å²) in [6.07, 6.45) is 6.14. The van der Waals surface area contributed by atoms with Crippen molar-refractivity contribution in [3.8, 4) is 0 Å². The predicted octanol–water partition coefficient (Wildman–Crippen LogP) is 2.08. The predicted molar refractivity (Wildman–Crippen MR) is 43.9 cm³/mol. The summed E-state index contributed by atoms with van der Waals surface area (Å²) in [5, 5.41) is 8.35. The average Bonchev–Trinajstić information content (AvgIpc) is 2.49. The lowest BCUT2D eigenvalue weighted by Crippen LogP contribution is -1.94. The second kappa shape index (κ2) is 4.59. The van der Waals surface area contributed by atoms with Crippen LogP contribution in [0.4, 0.5) is 0 Å². The van der Waals surface area contributed by atoms with Gasteiger partial charge < -0.3 is 9.52 Å². The highest BCUT2D eigenvalue weighted by Crippen LogP contribution is 2.06. The number of furan rings is 1. The number of carboxylic acid groups (broad SMARTS) is 1. The minimum Gasteiger partial charge on any atom is -0.481 e. The van der Waals surface area contributed by atoms with Gasteiger partial charge in [-0.05, 0) is 30.9 Å². The van der Waals surface area contributed by atoms with Gasteiger partial charge >= 0.3 is 5.97 Å². The third-order valence-electron chi connectivity index (χ3n) is 1.69. The molecule has 0 aliphatic carbocycles. The lowest BCUT2D eigenvalue weighted by molar-refractivity contribution is -0.137. The number of unbranched alkanes of at least 4 members (excludes halogenated alkanes) is 1. The van der Waals surface area contributed by atoms with Gasteiger partial charge in [0.15, 0.2) is 0 Å². The van der Waals surface area contributed by atoms with E-state index in [0.717, 1.165) is 24.8 Å². The third kappa shape index (κ3) is 3.23. The van der Waals surface area contributed by atoms with Crippen molar-refractivity contribution in [3.05, 3.63) is 24.2 Å². The van der Waals surface area contributed by atoms with Gasteiger partial charge in [-0.25, -0.2) is 0 Å². The van der Waals surface area contributed by atoms with Crippen LogP contribution >= 0.6 is 0 Å². The fraction of sp³-hybridized carbons (Fsp3) is 0.444. The summed E-state index contributed by atoms with van der Waals surface area (Å²) < 4.78 is 4.88. The lowest BCUT2D eigenvalue weighted by Gasteiger charge is -1.94. The van der Waals surface area contributed by atoms with Gasteiger partial charge in [0.05, 0.1) is 12.5 Å². The molecule has 1 aromatic rings. The molecule has 0 amide bonds. The highest BCUT2D eigenvalue weighted by Gasteiger charge is 1.97. The maximum Gasteiger partial charge on any atom is 0.303 e. The maximum absolute atomic E-state index is 10.1. The van der Waals surface area contributed by atoms with Crippen molar-refractivity contribution < 1.29 is 14.3 Å². The number of carboxylic acids is 1. The first-order chi connectivity index (χ1) is 5.79. The standard InChI is InChI=1S/C9H12O3/c10-9(11)4-2-1-3-8-5-6-12-7-8/h5-7H,1-4H2,(H,10,11). The second-order valence-corrected chi connectivity index (χ2v) is 2.73. The second-order valence-electron chi connectivity index (χ2n) is 2.73. The van der Waals surface area contributed by atoms with Gasteiger partial charge in [0.1, 0.15) is 0 Å². The number of hydrogen-bond donors (Lipinski definition) is 1. The molecule has 0 aromatic carbocycles. The molecule has 0 unspecified atom stereocenters. The summed E-state index contributed by atoms with van der Waals surface area (Å²) in [5.41, 5.74) is 1.14. The fourth-order valence-corrected chi connectivity index (χ4v) is 1.04. The summed E-state index contributed by atoms with van der Waals surface area (Å²) >= 11 is 0. The van der Waals surface area contributed by atoms with Gasteiger partial charge in [-0.15, -0.1) is 0 Å². The van der Waals surface area contributed by atoms with Gasteiger partial charge in [0.25, 0.3) is 0 Å². The molecule has 1 N–H and O–H groups in total. The van der Waals surface area contributed by atoms with Gasteiger partial charge in [-0.2, -0.15) is 0 Å². The molecule has 1 rings (SSSR count). The SMILES string of the molecule is O=C(O)CCCCc1ccoc1. The van der Waals surface area contributed by atoms with E-state index in [0.29, 0.717) is 0 Å². The van der Waals surface area contributed by atoms with Crippen molar-refractivity contribution in [3.63, 3.8) is 0 Å². The molecule has 0 saturated heterocycles. The molecular formula is C9H12O3. The molecule has 12 heavy (non-hydrogen) atoms. The van der Waals surface area contributed by atoms with E-state index in [1.165, 1.54) is 0 Å². The molecule has 66 valence electrons. The zero-order chi connectivity index (χ0) is 8.81. The minimum absolute atomic E-state index is 0.262. The van der Waals surface area contributed by atoms with Gasteiger partial charge in [-0.3, -0.25) is 4.79 Å². The summed E-state index contributed by atoms with van der Waals surface area (Å²) in [7, 11) is 0. The van der Waals surface area contributed by atoms with Gasteiger partial charge in [0, 0.05) is 6.42 Å². The van der Waals surface area contributed by atoms with Crippen LogP contribution < -0.4 is 0 Å². The molecule has 0 aliphatic heterocycles. The zero-order valence-corrected chi connectivity index (χ0v) is 6.82. The van der Waals surface area contributed by atoms with Crippen LogP contribution in [-0.4, -0.2) is 11.1 Å². The Hall–Kier alpha value is -1.25. The Morgan fingerprint density at radius 2 is 2.33 bits per heavy atom. The van der Waals surface area contributed by atoms with Crippen molar-refractivity contribution >= 4 is 5.97 Å². The normalized spacial score (nSPS) is 10.0. The molecule has 3 heteroatoms. The molecule has 3 nitrogen and oxygen atoms in total. The van der Waals surface area contributed by atoms with Crippen molar-refractivity contribution in [1.82, 2.24) is 0 Å². The molecular weight excluding hydrogens is 156 g/mol. The smallest absolute Gasteiger partial charge is 0.303 e. The minimum atomic E-state index is -0.720. The molecule has 0 saturated carbocycles. The van der Waals surface area contributed by atoms with Crippen LogP contribution in [0.15, 0.2) is 23.0 Å². The molecule has 1 heterocycles. The maximum atomic E-state index is 10.1. The van der Waals surface area contributed by atoms with E-state index < -0.39 is 5.97 Å². The van der Waals surface area contributed by atoms with Crippen LogP contribution in [0, 0.1) is 0 Å². The third-order valence-corrected chi connectivity index (χ3v) is 1.69. The Morgan fingerprint density at radius 1 is 1.50 bits per heavy atom. The molecule has 0 atom stereocenters. The van der Waals surface area contributed by atoms with E-state index >= 15 is 0 Å². The molecule has 0 radical (unpaired) electrons. The first-order valence-electron chi connectivity index (χ1n) is 4.02. The highest BCUT2D eigenvalue weighted by atomic mass is 16.4. The number of carbonyl (C=O) groups is 1. The Kier molecular flexibility index (Phi) is 3.38. The van der Waals surface area contributed by atoms with Crippen LogP contribution in [0.2, 0.25) is 0 Å². The van der Waals surface area contributed by atoms with E-state index in [2.05, 4.69) is 0 Å². The molecule has 0 bridgehead atoms. The van der Waals surface area contributed by atoms with E-state index in [4.69, 9.17) is 9.52 Å². The van der Waals surface area contributed by atoms with Crippen molar-refractivity contribution in [2.45, 2.75) is 25.7 Å². The number of rotatable bonds is 5. The van der Waals surface area contributed by atoms with E-state index in [1.807, 2.05) is 6.07 Å². The number of aryl methyl sites for hydroxylation is 1. The zero-order valence-electron chi connectivity index (χ0n) is 6.82. The van der Waals surface area contributed by atoms with Crippen molar-refractivity contribution in [2.75, 3.05) is 0 Å². The quantitative estimate of drug-likeness (QED) is 0.685. The monoisotopic (exact) mass is 168 g/mol. The first kappa shape index (κ1) is 8.84. The fourth-order valence-electron chi connectivity index (χ4n) is 1.04.